The molecule has 2 rings (SSSR count). The molecular formula is C13H12F3NO. The molecule has 0 saturated carbocycles. The summed E-state index contributed by atoms with van der Waals surface area (Å²) in [6.45, 7) is 3.56. The lowest BCUT2D eigenvalue weighted by molar-refractivity contribution is -0.136. The van der Waals surface area contributed by atoms with E-state index in [4.69, 9.17) is 0 Å². The number of alkyl halides is 3. The molecule has 0 aliphatic carbocycles. The largest absolute Gasteiger partial charge is 0.418 e. The Kier molecular flexibility index (Phi) is 2.92. The molecule has 0 aliphatic rings. The van der Waals surface area contributed by atoms with Gasteiger partial charge >= 0.3 is 6.18 Å². The van der Waals surface area contributed by atoms with Crippen molar-refractivity contribution in [2.75, 3.05) is 0 Å². The monoisotopic (exact) mass is 255 g/mol. The molecule has 0 atom stereocenters. The Morgan fingerprint density at radius 1 is 1.28 bits per heavy atom. The van der Waals surface area contributed by atoms with Crippen molar-refractivity contribution in [1.82, 2.24) is 4.57 Å². The highest BCUT2D eigenvalue weighted by Crippen LogP contribution is 2.37. The predicted molar refractivity (Wildman–Crippen MR) is 62.7 cm³/mol. The number of nitrogens with zero attached hydrogens (tertiary/aromatic N) is 1. The van der Waals surface area contributed by atoms with Crippen molar-refractivity contribution >= 4 is 17.2 Å². The topological polar surface area (TPSA) is 22.0 Å². The second kappa shape index (κ2) is 4.15. The number of fused-ring (bicyclic) bond motifs is 1. The maximum Gasteiger partial charge on any atom is 0.418 e. The van der Waals surface area contributed by atoms with Crippen LogP contribution in [0.15, 0.2) is 24.4 Å². The fourth-order valence-corrected chi connectivity index (χ4v) is 2.07. The van der Waals surface area contributed by atoms with Gasteiger partial charge in [0.05, 0.1) is 11.1 Å². The Morgan fingerprint density at radius 2 is 1.94 bits per heavy atom. The number of aromatic nitrogens is 1. The first-order valence-corrected chi connectivity index (χ1v) is 5.52. The zero-order chi connectivity index (χ0) is 13.5. The fourth-order valence-electron chi connectivity index (χ4n) is 2.07. The molecule has 1 heterocycles. The van der Waals surface area contributed by atoms with Crippen molar-refractivity contribution in [3.05, 3.63) is 35.5 Å². The standard InChI is InChI=1S/C13H12F3NO/c1-8(2)17-6-9(7-18)10-4-3-5-11(12(10)17)13(14,15)16/h3-8H,1-2H3. The Balaban J connectivity index is 2.90. The SMILES string of the molecule is CC(C)n1cc(C=O)c2cccc(C(F)(F)F)c21. The van der Waals surface area contributed by atoms with E-state index in [9.17, 15) is 18.0 Å². The number of benzene rings is 1. The van der Waals surface area contributed by atoms with Crippen LogP contribution in [-0.2, 0) is 6.18 Å². The van der Waals surface area contributed by atoms with Crippen LogP contribution in [0, 0.1) is 0 Å². The minimum atomic E-state index is -4.43. The highest BCUT2D eigenvalue weighted by Gasteiger charge is 2.34. The number of rotatable bonds is 2. The van der Waals surface area contributed by atoms with Crippen LogP contribution in [0.1, 0.15) is 35.8 Å². The smallest absolute Gasteiger partial charge is 0.344 e. The van der Waals surface area contributed by atoms with Crippen molar-refractivity contribution < 1.29 is 18.0 Å². The first-order chi connectivity index (χ1) is 8.36. The van der Waals surface area contributed by atoms with Crippen LogP contribution in [0.3, 0.4) is 0 Å². The lowest BCUT2D eigenvalue weighted by Gasteiger charge is -2.14. The Bertz CT molecular complexity index is 596. The Hall–Kier alpha value is -1.78. The summed E-state index contributed by atoms with van der Waals surface area (Å²) in [5.41, 5.74) is -0.353. The number of carbonyl (C=O) groups excluding carboxylic acids is 1. The average molecular weight is 255 g/mol. The molecule has 0 unspecified atom stereocenters. The van der Waals surface area contributed by atoms with Crippen LogP contribution in [0.25, 0.3) is 10.9 Å². The first-order valence-electron chi connectivity index (χ1n) is 5.52. The van der Waals surface area contributed by atoms with Gasteiger partial charge in [-0.1, -0.05) is 12.1 Å². The van der Waals surface area contributed by atoms with Gasteiger partial charge in [0, 0.05) is 23.2 Å². The van der Waals surface area contributed by atoms with E-state index in [2.05, 4.69) is 0 Å². The summed E-state index contributed by atoms with van der Waals surface area (Å²) < 4.78 is 40.4. The molecule has 0 fully saturated rings. The van der Waals surface area contributed by atoms with Gasteiger partial charge in [-0.2, -0.15) is 13.2 Å². The number of hydrogen-bond donors (Lipinski definition) is 0. The fraction of sp³-hybridized carbons (Fsp3) is 0.308. The van der Waals surface area contributed by atoms with Gasteiger partial charge < -0.3 is 4.57 Å². The molecule has 0 saturated heterocycles. The molecule has 5 heteroatoms. The first kappa shape index (κ1) is 12.7. The summed E-state index contributed by atoms with van der Waals surface area (Å²) in [4.78, 5) is 10.9. The van der Waals surface area contributed by atoms with E-state index in [1.54, 1.807) is 13.8 Å². The highest BCUT2D eigenvalue weighted by atomic mass is 19.4. The molecule has 1 aromatic carbocycles. The van der Waals surface area contributed by atoms with Gasteiger partial charge in [-0.25, -0.2) is 0 Å². The highest BCUT2D eigenvalue weighted by molar-refractivity contribution is 5.99. The summed E-state index contributed by atoms with van der Waals surface area (Å²) in [5.74, 6) is 0. The number of aldehydes is 1. The van der Waals surface area contributed by atoms with Crippen molar-refractivity contribution in [3.63, 3.8) is 0 Å². The average Bonchev–Trinajstić information content (AvgIpc) is 2.66. The molecule has 0 spiro atoms. The minimum absolute atomic E-state index is 0.0714. The summed E-state index contributed by atoms with van der Waals surface area (Å²) >= 11 is 0. The van der Waals surface area contributed by atoms with Gasteiger partial charge in [0.25, 0.3) is 0 Å². The van der Waals surface area contributed by atoms with Crippen molar-refractivity contribution in [2.45, 2.75) is 26.1 Å². The summed E-state index contributed by atoms with van der Waals surface area (Å²) in [6.07, 6.45) is -2.37. The molecule has 2 aromatic rings. The summed E-state index contributed by atoms with van der Waals surface area (Å²) in [7, 11) is 0. The maximum atomic E-state index is 13.0. The van der Waals surface area contributed by atoms with Crippen molar-refractivity contribution in [2.24, 2.45) is 0 Å². The lowest BCUT2D eigenvalue weighted by Crippen LogP contribution is -2.09. The van der Waals surface area contributed by atoms with Crippen LogP contribution in [-0.4, -0.2) is 10.9 Å². The van der Waals surface area contributed by atoms with Crippen LogP contribution in [0.5, 0.6) is 0 Å². The van der Waals surface area contributed by atoms with Gasteiger partial charge in [-0.3, -0.25) is 4.79 Å². The van der Waals surface area contributed by atoms with Crippen LogP contribution >= 0.6 is 0 Å². The van der Waals surface area contributed by atoms with E-state index in [-0.39, 0.29) is 17.1 Å². The van der Waals surface area contributed by atoms with Gasteiger partial charge in [0.2, 0.25) is 0 Å². The molecule has 96 valence electrons. The van der Waals surface area contributed by atoms with E-state index in [1.165, 1.54) is 22.9 Å². The number of hydrogen-bond acceptors (Lipinski definition) is 1. The molecular weight excluding hydrogens is 243 g/mol. The van der Waals surface area contributed by atoms with E-state index in [1.807, 2.05) is 0 Å². The van der Waals surface area contributed by atoms with E-state index < -0.39 is 11.7 Å². The molecule has 0 bridgehead atoms. The summed E-state index contributed by atoms with van der Waals surface area (Å²) in [6, 6.07) is 3.75. The van der Waals surface area contributed by atoms with Gasteiger partial charge in [-0.15, -0.1) is 0 Å². The predicted octanol–water partition coefficient (Wildman–Crippen LogP) is 4.05. The molecule has 0 aliphatic heterocycles. The Morgan fingerprint density at radius 3 is 2.44 bits per heavy atom. The van der Waals surface area contributed by atoms with E-state index >= 15 is 0 Å². The van der Waals surface area contributed by atoms with Gasteiger partial charge in [0.15, 0.2) is 6.29 Å². The maximum absolute atomic E-state index is 13.0. The zero-order valence-electron chi connectivity index (χ0n) is 9.95. The molecule has 0 radical (unpaired) electrons. The number of para-hydroxylation sites is 1. The van der Waals surface area contributed by atoms with Gasteiger partial charge in [-0.05, 0) is 19.9 Å². The van der Waals surface area contributed by atoms with E-state index in [0.29, 0.717) is 11.7 Å². The third-order valence-corrected chi connectivity index (χ3v) is 2.87. The molecule has 2 nitrogen and oxygen atoms in total. The molecule has 0 N–H and O–H groups in total. The van der Waals surface area contributed by atoms with Crippen LogP contribution in [0.2, 0.25) is 0 Å². The quantitative estimate of drug-likeness (QED) is 0.742. The molecule has 18 heavy (non-hydrogen) atoms. The third kappa shape index (κ3) is 1.89. The molecule has 1 aromatic heterocycles. The van der Waals surface area contributed by atoms with Crippen molar-refractivity contribution in [1.29, 1.82) is 0 Å². The summed E-state index contributed by atoms with van der Waals surface area (Å²) in [5, 5.41) is 0.341. The lowest BCUT2D eigenvalue weighted by atomic mass is 10.1. The third-order valence-electron chi connectivity index (χ3n) is 2.87. The Labute approximate surface area is 102 Å². The minimum Gasteiger partial charge on any atom is -0.344 e. The van der Waals surface area contributed by atoms with Crippen LogP contribution < -0.4 is 0 Å². The van der Waals surface area contributed by atoms with Crippen LogP contribution in [0.4, 0.5) is 13.2 Å². The number of halogens is 3. The normalized spacial score (nSPS) is 12.3. The zero-order valence-corrected chi connectivity index (χ0v) is 9.95. The van der Waals surface area contributed by atoms with E-state index in [0.717, 1.165) is 6.07 Å². The second-order valence-electron chi connectivity index (χ2n) is 4.40. The van der Waals surface area contributed by atoms with Gasteiger partial charge in [0.1, 0.15) is 0 Å². The molecule has 0 amide bonds. The number of carbonyl (C=O) groups is 1. The van der Waals surface area contributed by atoms with Crippen molar-refractivity contribution in [3.8, 4) is 0 Å². The second-order valence-corrected chi connectivity index (χ2v) is 4.40.